The smallest absolute Gasteiger partial charge is 0.395 e. The Morgan fingerprint density at radius 2 is 1.93 bits per heavy atom. The molecule has 0 aromatic heterocycles. The summed E-state index contributed by atoms with van der Waals surface area (Å²) in [7, 11) is 0. The van der Waals surface area contributed by atoms with Gasteiger partial charge in [-0.1, -0.05) is 6.92 Å². The van der Waals surface area contributed by atoms with Crippen LogP contribution in [0.5, 0.6) is 0 Å². The quantitative estimate of drug-likeness (QED) is 0.703. The van der Waals surface area contributed by atoms with E-state index in [1.54, 1.807) is 13.8 Å². The van der Waals surface area contributed by atoms with E-state index in [-0.39, 0.29) is 13.2 Å². The molecule has 3 N–H and O–H groups in total. The van der Waals surface area contributed by atoms with Crippen LogP contribution in [0.25, 0.3) is 0 Å². The summed E-state index contributed by atoms with van der Waals surface area (Å²) in [6.07, 6.45) is -4.25. The zero-order valence-electron chi connectivity index (χ0n) is 8.38. The van der Waals surface area contributed by atoms with E-state index >= 15 is 0 Å². The molecular formula is C8H17F3N2O. The first-order valence-electron chi connectivity index (χ1n) is 4.49. The number of hydrogen-bond donors (Lipinski definition) is 2. The largest absolute Gasteiger partial charge is 0.401 e. The minimum atomic E-state index is -4.25. The molecule has 0 aliphatic carbocycles. The lowest BCUT2D eigenvalue weighted by atomic mass is 10.1. The average molecular weight is 214 g/mol. The van der Waals surface area contributed by atoms with Crippen molar-refractivity contribution in [3.8, 4) is 0 Å². The molecule has 86 valence electrons. The van der Waals surface area contributed by atoms with Crippen molar-refractivity contribution in [1.29, 1.82) is 0 Å². The van der Waals surface area contributed by atoms with Crippen molar-refractivity contribution in [2.75, 3.05) is 19.7 Å². The van der Waals surface area contributed by atoms with Gasteiger partial charge in [0.1, 0.15) is 0 Å². The summed E-state index contributed by atoms with van der Waals surface area (Å²) >= 11 is 0. The number of aliphatic hydroxyl groups excluding tert-OH is 1. The number of likely N-dealkylation sites (N-methyl/N-ethyl adjacent to an activating group) is 1. The van der Waals surface area contributed by atoms with E-state index in [1.165, 1.54) is 0 Å². The lowest BCUT2D eigenvalue weighted by Gasteiger charge is -2.32. The Kier molecular flexibility index (Phi) is 5.40. The van der Waals surface area contributed by atoms with Gasteiger partial charge in [-0.05, 0) is 13.5 Å². The molecule has 2 unspecified atom stereocenters. The Hall–Kier alpha value is -0.330. The molecule has 0 rings (SSSR count). The Morgan fingerprint density at radius 1 is 1.43 bits per heavy atom. The predicted octanol–water partition coefficient (Wildman–Crippen LogP) is 0.579. The molecule has 3 nitrogen and oxygen atoms in total. The fourth-order valence-electron chi connectivity index (χ4n) is 1.31. The van der Waals surface area contributed by atoms with E-state index in [0.717, 1.165) is 4.90 Å². The van der Waals surface area contributed by atoms with Gasteiger partial charge in [0, 0.05) is 12.1 Å². The van der Waals surface area contributed by atoms with Gasteiger partial charge >= 0.3 is 6.18 Å². The molecule has 0 spiro atoms. The highest BCUT2D eigenvalue weighted by molar-refractivity contribution is 4.79. The van der Waals surface area contributed by atoms with E-state index < -0.39 is 24.8 Å². The zero-order valence-corrected chi connectivity index (χ0v) is 8.38. The number of aliphatic hydroxyl groups is 1. The van der Waals surface area contributed by atoms with Crippen LogP contribution in [0.3, 0.4) is 0 Å². The average Bonchev–Trinajstić information content (AvgIpc) is 2.00. The second kappa shape index (κ2) is 5.53. The zero-order chi connectivity index (χ0) is 11.4. The van der Waals surface area contributed by atoms with E-state index in [2.05, 4.69) is 0 Å². The van der Waals surface area contributed by atoms with Crippen molar-refractivity contribution in [3.05, 3.63) is 0 Å². The van der Waals surface area contributed by atoms with Crippen LogP contribution in [0, 0.1) is 0 Å². The van der Waals surface area contributed by atoms with Crippen LogP contribution in [0.1, 0.15) is 13.8 Å². The normalized spacial score (nSPS) is 17.1. The Morgan fingerprint density at radius 3 is 2.14 bits per heavy atom. The number of halogens is 3. The Labute approximate surface area is 81.7 Å². The summed E-state index contributed by atoms with van der Waals surface area (Å²) in [6, 6.07) is -1.12. The number of alkyl halides is 3. The molecule has 6 heteroatoms. The lowest BCUT2D eigenvalue weighted by Crippen LogP contribution is -2.51. The first-order valence-corrected chi connectivity index (χ1v) is 4.49. The van der Waals surface area contributed by atoms with Crippen molar-refractivity contribution >= 4 is 0 Å². The van der Waals surface area contributed by atoms with Crippen molar-refractivity contribution < 1.29 is 18.3 Å². The molecule has 0 fully saturated rings. The van der Waals surface area contributed by atoms with Crippen LogP contribution in [0.2, 0.25) is 0 Å². The maximum absolute atomic E-state index is 12.1. The van der Waals surface area contributed by atoms with E-state index in [0.29, 0.717) is 0 Å². The van der Waals surface area contributed by atoms with E-state index in [4.69, 9.17) is 10.8 Å². The molecule has 0 radical (unpaired) electrons. The molecule has 2 atom stereocenters. The molecule has 0 aromatic rings. The topological polar surface area (TPSA) is 49.5 Å². The van der Waals surface area contributed by atoms with Gasteiger partial charge in [-0.3, -0.25) is 4.90 Å². The summed E-state index contributed by atoms with van der Waals surface area (Å²) in [5, 5.41) is 8.91. The van der Waals surface area contributed by atoms with Gasteiger partial charge in [-0.15, -0.1) is 0 Å². The van der Waals surface area contributed by atoms with Crippen LogP contribution in [0.15, 0.2) is 0 Å². The Bertz CT molecular complexity index is 161. The second-order valence-electron chi connectivity index (χ2n) is 3.29. The van der Waals surface area contributed by atoms with E-state index in [1.807, 2.05) is 0 Å². The van der Waals surface area contributed by atoms with Crippen molar-refractivity contribution in [1.82, 2.24) is 4.90 Å². The monoisotopic (exact) mass is 214 g/mol. The van der Waals surface area contributed by atoms with Gasteiger partial charge in [-0.2, -0.15) is 13.2 Å². The van der Waals surface area contributed by atoms with Crippen LogP contribution < -0.4 is 5.73 Å². The number of hydrogen-bond acceptors (Lipinski definition) is 3. The number of nitrogens with two attached hydrogens (primary N) is 1. The van der Waals surface area contributed by atoms with Crippen molar-refractivity contribution in [2.24, 2.45) is 5.73 Å². The van der Waals surface area contributed by atoms with Crippen LogP contribution in [-0.4, -0.2) is 48.0 Å². The highest BCUT2D eigenvalue weighted by Gasteiger charge is 2.33. The van der Waals surface area contributed by atoms with E-state index in [9.17, 15) is 13.2 Å². The summed E-state index contributed by atoms with van der Waals surface area (Å²) < 4.78 is 36.3. The molecular weight excluding hydrogens is 197 g/mol. The second-order valence-corrected chi connectivity index (χ2v) is 3.29. The molecule has 0 aliphatic heterocycles. The molecule has 0 heterocycles. The fourth-order valence-corrected chi connectivity index (χ4v) is 1.31. The third kappa shape index (κ3) is 4.78. The summed E-state index contributed by atoms with van der Waals surface area (Å²) in [4.78, 5) is 1.13. The fraction of sp³-hybridized carbons (Fsp3) is 1.00. The van der Waals surface area contributed by atoms with Gasteiger partial charge in [0.05, 0.1) is 13.2 Å². The highest BCUT2D eigenvalue weighted by Crippen LogP contribution is 2.18. The predicted molar refractivity (Wildman–Crippen MR) is 47.8 cm³/mol. The van der Waals surface area contributed by atoms with Gasteiger partial charge in [-0.25, -0.2) is 0 Å². The molecule has 0 amide bonds. The number of rotatable bonds is 5. The molecule has 0 aromatic carbocycles. The van der Waals surface area contributed by atoms with Crippen LogP contribution in [-0.2, 0) is 0 Å². The van der Waals surface area contributed by atoms with Gasteiger partial charge in [0.2, 0.25) is 0 Å². The van der Waals surface area contributed by atoms with Gasteiger partial charge < -0.3 is 10.8 Å². The SMILES string of the molecule is CCN(CC(F)(F)F)C(CO)C(C)N. The first-order chi connectivity index (χ1) is 6.31. The summed E-state index contributed by atoms with van der Waals surface area (Å²) in [5.74, 6) is 0. The lowest BCUT2D eigenvalue weighted by molar-refractivity contribution is -0.152. The first kappa shape index (κ1) is 13.7. The van der Waals surface area contributed by atoms with Crippen molar-refractivity contribution in [3.63, 3.8) is 0 Å². The third-order valence-corrected chi connectivity index (χ3v) is 2.05. The minimum absolute atomic E-state index is 0.215. The maximum atomic E-state index is 12.1. The molecule has 0 bridgehead atoms. The maximum Gasteiger partial charge on any atom is 0.401 e. The minimum Gasteiger partial charge on any atom is -0.395 e. The molecule has 0 aliphatic rings. The Balaban J connectivity index is 4.37. The summed E-state index contributed by atoms with van der Waals surface area (Å²) in [6.45, 7) is 2.01. The van der Waals surface area contributed by atoms with Crippen molar-refractivity contribution in [2.45, 2.75) is 32.1 Å². The van der Waals surface area contributed by atoms with Crippen LogP contribution in [0.4, 0.5) is 13.2 Å². The third-order valence-electron chi connectivity index (χ3n) is 2.05. The molecule has 14 heavy (non-hydrogen) atoms. The summed E-state index contributed by atoms with van der Waals surface area (Å²) in [5.41, 5.74) is 5.47. The molecule has 0 saturated carbocycles. The van der Waals surface area contributed by atoms with Gasteiger partial charge in [0.15, 0.2) is 0 Å². The number of nitrogens with zero attached hydrogens (tertiary/aromatic N) is 1. The van der Waals surface area contributed by atoms with Crippen LogP contribution >= 0.6 is 0 Å². The van der Waals surface area contributed by atoms with Gasteiger partial charge in [0.25, 0.3) is 0 Å². The standard InChI is InChI=1S/C8H17F3N2O/c1-3-13(5-8(9,10)11)7(4-14)6(2)12/h6-7,14H,3-5,12H2,1-2H3. The highest BCUT2D eigenvalue weighted by atomic mass is 19.4. The molecule has 0 saturated heterocycles.